The first-order valence-electron chi connectivity index (χ1n) is 10.9. The molecule has 7 aromatic rings. The molecule has 7 rings (SSSR count). The molecule has 0 aliphatic heterocycles. The van der Waals surface area contributed by atoms with Gasteiger partial charge in [0.2, 0.25) is 0 Å². The lowest BCUT2D eigenvalue weighted by Gasteiger charge is -2.21. The van der Waals surface area contributed by atoms with Crippen LogP contribution in [0.15, 0.2) is 66.9 Å². The van der Waals surface area contributed by atoms with Crippen LogP contribution in [0.4, 0.5) is 0 Å². The first-order valence-corrected chi connectivity index (χ1v) is 14.4. The third kappa shape index (κ3) is 2.06. The number of benzene rings is 3. The Morgan fingerprint density at radius 1 is 0.774 bits per heavy atom. The van der Waals surface area contributed by atoms with E-state index in [0.717, 1.165) is 11.2 Å². The van der Waals surface area contributed by atoms with Crippen LogP contribution in [0.1, 0.15) is 5.56 Å². The number of hydrogen-bond acceptors (Lipinski definition) is 1. The topological polar surface area (TPSA) is 21.7 Å². The molecule has 0 aliphatic rings. The Morgan fingerprint density at radius 3 is 2.32 bits per heavy atom. The summed E-state index contributed by atoms with van der Waals surface area (Å²) in [5, 5.41) is 7.95. The Hall–Kier alpha value is -3.37. The third-order valence-electron chi connectivity index (χ3n) is 6.89. The molecule has 0 saturated carbocycles. The Kier molecular flexibility index (Phi) is 3.05. The summed E-state index contributed by atoms with van der Waals surface area (Å²) < 4.78 is 4.80. The van der Waals surface area contributed by atoms with Crippen molar-refractivity contribution in [1.82, 2.24) is 13.8 Å². The molecule has 0 amide bonds. The molecule has 0 saturated heterocycles. The molecule has 31 heavy (non-hydrogen) atoms. The molecule has 0 unspecified atom stereocenters. The molecular weight excluding hydrogens is 394 g/mol. The fraction of sp³-hybridized carbons (Fsp3) is 0.148. The van der Waals surface area contributed by atoms with E-state index in [-0.39, 0.29) is 0 Å². The smallest absolute Gasteiger partial charge is 0.149 e. The van der Waals surface area contributed by atoms with Crippen molar-refractivity contribution in [2.75, 3.05) is 0 Å². The van der Waals surface area contributed by atoms with Gasteiger partial charge in [-0.25, -0.2) is 4.98 Å². The molecule has 3 aromatic carbocycles. The predicted octanol–water partition coefficient (Wildman–Crippen LogP) is 6.49. The van der Waals surface area contributed by atoms with E-state index in [1.807, 2.05) is 0 Å². The number of aryl methyl sites for hydroxylation is 1. The van der Waals surface area contributed by atoms with Gasteiger partial charge in [0.15, 0.2) is 0 Å². The van der Waals surface area contributed by atoms with Crippen LogP contribution >= 0.6 is 0 Å². The summed E-state index contributed by atoms with van der Waals surface area (Å²) >= 11 is 0. The monoisotopic (exact) mass is 417 g/mol. The fourth-order valence-electron chi connectivity index (χ4n) is 5.39. The van der Waals surface area contributed by atoms with Crippen molar-refractivity contribution in [3.63, 3.8) is 0 Å². The van der Waals surface area contributed by atoms with Gasteiger partial charge in [-0.15, -0.1) is 0 Å². The highest BCUT2D eigenvalue weighted by molar-refractivity contribution is 6.89. The minimum Gasteiger partial charge on any atom is -0.294 e. The van der Waals surface area contributed by atoms with E-state index in [2.05, 4.69) is 102 Å². The van der Waals surface area contributed by atoms with Crippen LogP contribution in [0, 0.1) is 6.92 Å². The Morgan fingerprint density at radius 2 is 1.52 bits per heavy atom. The van der Waals surface area contributed by atoms with Crippen LogP contribution in [-0.4, -0.2) is 21.9 Å². The number of para-hydroxylation sites is 2. The van der Waals surface area contributed by atoms with Crippen molar-refractivity contribution in [3.8, 4) is 0 Å². The van der Waals surface area contributed by atoms with E-state index in [9.17, 15) is 0 Å². The van der Waals surface area contributed by atoms with Crippen molar-refractivity contribution in [3.05, 3.63) is 72.4 Å². The molecule has 4 aromatic heterocycles. The van der Waals surface area contributed by atoms with Crippen molar-refractivity contribution in [2.24, 2.45) is 0 Å². The van der Waals surface area contributed by atoms with Crippen LogP contribution in [0.5, 0.6) is 0 Å². The Balaban J connectivity index is 1.92. The average molecular weight is 418 g/mol. The number of fused-ring (bicyclic) bond motifs is 7. The summed E-state index contributed by atoms with van der Waals surface area (Å²) in [4.78, 5) is 5.19. The summed E-state index contributed by atoms with van der Waals surface area (Å²) in [5.41, 5.74) is 7.21. The molecule has 0 atom stereocenters. The van der Waals surface area contributed by atoms with E-state index >= 15 is 0 Å². The highest BCUT2D eigenvalue weighted by Crippen LogP contribution is 2.39. The van der Waals surface area contributed by atoms with Gasteiger partial charge in [-0.2, -0.15) is 0 Å². The third-order valence-corrected chi connectivity index (χ3v) is 8.91. The largest absolute Gasteiger partial charge is 0.294 e. The van der Waals surface area contributed by atoms with Crippen LogP contribution in [0.2, 0.25) is 19.6 Å². The summed E-state index contributed by atoms with van der Waals surface area (Å²) in [6, 6.07) is 22.3. The first-order chi connectivity index (χ1) is 14.9. The molecule has 0 aliphatic carbocycles. The first kappa shape index (κ1) is 17.3. The average Bonchev–Trinajstić information content (AvgIpc) is 3.28. The second-order valence-corrected chi connectivity index (χ2v) is 14.9. The van der Waals surface area contributed by atoms with E-state index < -0.39 is 8.07 Å². The van der Waals surface area contributed by atoms with Gasteiger partial charge in [0.25, 0.3) is 0 Å². The van der Waals surface area contributed by atoms with E-state index in [0.29, 0.717) is 0 Å². The minimum absolute atomic E-state index is 1.05. The zero-order valence-electron chi connectivity index (χ0n) is 18.2. The van der Waals surface area contributed by atoms with Crippen LogP contribution in [-0.2, 0) is 0 Å². The molecule has 0 bridgehead atoms. The number of aromatic nitrogens is 3. The zero-order valence-corrected chi connectivity index (χ0v) is 19.2. The Bertz CT molecular complexity index is 1830. The summed E-state index contributed by atoms with van der Waals surface area (Å²) in [6.07, 6.45) is 2.26. The number of pyridine rings is 1. The van der Waals surface area contributed by atoms with E-state index in [4.69, 9.17) is 4.98 Å². The number of rotatable bonds is 1. The quantitative estimate of drug-likeness (QED) is 0.170. The van der Waals surface area contributed by atoms with Gasteiger partial charge >= 0.3 is 0 Å². The summed E-state index contributed by atoms with van der Waals surface area (Å²) in [5.74, 6) is 0. The van der Waals surface area contributed by atoms with E-state index in [1.165, 1.54) is 54.4 Å². The van der Waals surface area contributed by atoms with Gasteiger partial charge < -0.3 is 0 Å². The normalized spacial score (nSPS) is 13.2. The second-order valence-electron chi connectivity index (χ2n) is 9.85. The molecule has 4 heterocycles. The molecule has 4 heteroatoms. The summed E-state index contributed by atoms with van der Waals surface area (Å²) in [6.45, 7) is 9.52. The SMILES string of the molecule is Cc1cn2c3nc4ccccc4c4cc([Si](C)(C)C)cc(c43)n3c4ccccc4c1c23. The van der Waals surface area contributed by atoms with Crippen molar-refractivity contribution >= 4 is 68.0 Å². The molecule has 0 spiro atoms. The van der Waals surface area contributed by atoms with Gasteiger partial charge in [-0.3, -0.25) is 8.80 Å². The predicted molar refractivity (Wildman–Crippen MR) is 135 cm³/mol. The maximum absolute atomic E-state index is 5.19. The number of nitrogens with zero attached hydrogens (tertiary/aromatic N) is 3. The standard InChI is InChI=1S/C27H23N3Si/c1-16-15-29-26-25-20(18-9-5-7-11-21(18)28-26)13-17(31(2,3)4)14-23(25)30-22-12-8-6-10-19(22)24(16)27(29)30/h5-15H,1-4H3. The molecule has 3 nitrogen and oxygen atoms in total. The zero-order chi connectivity index (χ0) is 21.1. The highest BCUT2D eigenvalue weighted by Gasteiger charge is 2.24. The van der Waals surface area contributed by atoms with Crippen LogP contribution in [0.3, 0.4) is 0 Å². The lowest BCUT2D eigenvalue weighted by Crippen LogP contribution is -2.37. The van der Waals surface area contributed by atoms with Crippen molar-refractivity contribution in [1.29, 1.82) is 0 Å². The lowest BCUT2D eigenvalue weighted by molar-refractivity contribution is 1.14. The van der Waals surface area contributed by atoms with Crippen molar-refractivity contribution in [2.45, 2.75) is 26.6 Å². The molecular formula is C27H23N3Si. The van der Waals surface area contributed by atoms with Gasteiger partial charge in [-0.05, 0) is 36.1 Å². The molecule has 0 radical (unpaired) electrons. The van der Waals surface area contributed by atoms with Crippen molar-refractivity contribution < 1.29 is 0 Å². The maximum atomic E-state index is 5.19. The lowest BCUT2D eigenvalue weighted by atomic mass is 10.0. The molecule has 0 N–H and O–H groups in total. The fourth-order valence-corrected chi connectivity index (χ4v) is 6.54. The van der Waals surface area contributed by atoms with Crippen LogP contribution in [0.25, 0.3) is 54.8 Å². The number of hydrogen-bond donors (Lipinski definition) is 0. The minimum atomic E-state index is -1.54. The molecule has 150 valence electrons. The van der Waals surface area contributed by atoms with Gasteiger partial charge in [0.1, 0.15) is 11.3 Å². The van der Waals surface area contributed by atoms with Crippen LogP contribution < -0.4 is 5.19 Å². The van der Waals surface area contributed by atoms with Gasteiger partial charge in [-0.1, -0.05) is 67.3 Å². The van der Waals surface area contributed by atoms with Gasteiger partial charge in [0, 0.05) is 27.7 Å². The van der Waals surface area contributed by atoms with Gasteiger partial charge in [0.05, 0.1) is 24.6 Å². The van der Waals surface area contributed by atoms with E-state index in [1.54, 1.807) is 0 Å². The second kappa shape index (κ2) is 5.45. The molecule has 0 fully saturated rings. The highest BCUT2D eigenvalue weighted by atomic mass is 28.3. The maximum Gasteiger partial charge on any atom is 0.149 e. The summed E-state index contributed by atoms with van der Waals surface area (Å²) in [7, 11) is -1.54. The Labute approximate surface area is 180 Å².